The fourth-order valence-electron chi connectivity index (χ4n) is 1.67. The Kier molecular flexibility index (Phi) is 4.93. The van der Waals surface area contributed by atoms with E-state index in [4.69, 9.17) is 5.11 Å². The summed E-state index contributed by atoms with van der Waals surface area (Å²) in [6.45, 7) is -0.00738. The number of benzene rings is 1. The number of aliphatic hydroxyl groups is 1. The van der Waals surface area contributed by atoms with Gasteiger partial charge in [-0.15, -0.1) is 11.3 Å². The molecular weight excluding hydrogens is 293 g/mol. The Morgan fingerprint density at radius 3 is 2.95 bits per heavy atom. The number of halogens is 1. The number of phenolic OH excluding ortho intramolecular Hbond substituents is 1. The summed E-state index contributed by atoms with van der Waals surface area (Å²) in [6, 6.07) is 5.47. The summed E-state index contributed by atoms with van der Waals surface area (Å²) in [6.07, 6.45) is 0. The highest BCUT2D eigenvalue weighted by Gasteiger charge is 2.16. The van der Waals surface area contributed by atoms with Crippen molar-refractivity contribution in [1.29, 1.82) is 0 Å². The maximum atomic E-state index is 13.5. The van der Waals surface area contributed by atoms with Crippen molar-refractivity contribution in [3.63, 3.8) is 0 Å². The van der Waals surface area contributed by atoms with Gasteiger partial charge in [0.25, 0.3) is 5.91 Å². The second kappa shape index (κ2) is 6.88. The van der Waals surface area contributed by atoms with Crippen LogP contribution in [-0.2, 0) is 6.54 Å². The maximum absolute atomic E-state index is 13.5. The first-order chi connectivity index (χ1) is 10.1. The van der Waals surface area contributed by atoms with Crippen LogP contribution >= 0.6 is 11.3 Å². The van der Waals surface area contributed by atoms with Gasteiger partial charge in [0.1, 0.15) is 23.7 Å². The quantitative estimate of drug-likeness (QED) is 0.758. The Balaban J connectivity index is 2.03. The molecule has 2 rings (SSSR count). The molecule has 0 bridgehead atoms. The molecule has 0 saturated carbocycles. The van der Waals surface area contributed by atoms with Crippen LogP contribution in [0.5, 0.6) is 5.75 Å². The van der Waals surface area contributed by atoms with E-state index in [0.29, 0.717) is 0 Å². The van der Waals surface area contributed by atoms with Gasteiger partial charge in [0.2, 0.25) is 0 Å². The van der Waals surface area contributed by atoms with Crippen LogP contribution < -0.4 is 5.32 Å². The van der Waals surface area contributed by atoms with Gasteiger partial charge in [0, 0.05) is 15.8 Å². The Hall–Kier alpha value is -2.36. The van der Waals surface area contributed by atoms with E-state index in [2.05, 4.69) is 17.2 Å². The predicted octanol–water partition coefficient (Wildman–Crippen LogP) is 1.87. The number of thiophene rings is 1. The number of carbonyl (C=O) groups excluding carboxylic acids is 1. The lowest BCUT2D eigenvalue weighted by Gasteiger charge is -2.06. The number of hydrogen-bond acceptors (Lipinski definition) is 4. The van der Waals surface area contributed by atoms with Crippen molar-refractivity contribution in [2.24, 2.45) is 0 Å². The zero-order chi connectivity index (χ0) is 15.2. The summed E-state index contributed by atoms with van der Waals surface area (Å²) in [5, 5.41) is 22.5. The lowest BCUT2D eigenvalue weighted by Crippen LogP contribution is -2.23. The molecule has 0 spiro atoms. The van der Waals surface area contributed by atoms with Crippen LogP contribution in [0.15, 0.2) is 29.6 Å². The molecule has 0 fully saturated rings. The van der Waals surface area contributed by atoms with Gasteiger partial charge < -0.3 is 15.5 Å². The fourth-order valence-corrected chi connectivity index (χ4v) is 2.43. The lowest BCUT2D eigenvalue weighted by molar-refractivity contribution is 0.0944. The minimum absolute atomic E-state index is 0.206. The summed E-state index contributed by atoms with van der Waals surface area (Å²) in [7, 11) is 0. The van der Waals surface area contributed by atoms with E-state index in [9.17, 15) is 14.3 Å². The number of nitrogens with one attached hydrogen (secondary N) is 1. The standard InChI is InChI=1S/C15H12FNO3S/c16-12-4-1-5-13(19)14(12)15(20)17-8-11-7-10(9-21-11)3-2-6-18/h1,4-5,7,9,18-19H,6,8H2,(H,17,20). The summed E-state index contributed by atoms with van der Waals surface area (Å²) < 4.78 is 13.5. The Bertz CT molecular complexity index is 695. The van der Waals surface area contributed by atoms with E-state index in [1.54, 1.807) is 11.4 Å². The van der Waals surface area contributed by atoms with Crippen molar-refractivity contribution in [2.75, 3.05) is 6.61 Å². The molecule has 2 aromatic rings. The molecule has 6 heteroatoms. The zero-order valence-corrected chi connectivity index (χ0v) is 11.7. The normalized spacial score (nSPS) is 9.81. The second-order valence-electron chi connectivity index (χ2n) is 4.08. The molecule has 0 radical (unpaired) electrons. The molecule has 0 aliphatic heterocycles. The highest BCUT2D eigenvalue weighted by atomic mass is 32.1. The average Bonchev–Trinajstić information content (AvgIpc) is 2.90. The first kappa shape index (κ1) is 15.0. The van der Waals surface area contributed by atoms with Crippen LogP contribution in [0, 0.1) is 17.7 Å². The van der Waals surface area contributed by atoms with Crippen LogP contribution in [0.2, 0.25) is 0 Å². The Morgan fingerprint density at radius 1 is 1.43 bits per heavy atom. The molecule has 0 aliphatic rings. The largest absolute Gasteiger partial charge is 0.507 e. The van der Waals surface area contributed by atoms with Gasteiger partial charge >= 0.3 is 0 Å². The third-order valence-electron chi connectivity index (χ3n) is 2.61. The molecule has 108 valence electrons. The zero-order valence-electron chi connectivity index (χ0n) is 10.9. The summed E-state index contributed by atoms with van der Waals surface area (Å²) in [5.74, 6) is 3.43. The van der Waals surface area contributed by atoms with Crippen LogP contribution in [-0.4, -0.2) is 22.7 Å². The highest BCUT2D eigenvalue weighted by molar-refractivity contribution is 7.10. The summed E-state index contributed by atoms with van der Waals surface area (Å²) in [5.41, 5.74) is 0.376. The summed E-state index contributed by atoms with van der Waals surface area (Å²) >= 11 is 1.39. The summed E-state index contributed by atoms with van der Waals surface area (Å²) in [4.78, 5) is 12.7. The van der Waals surface area contributed by atoms with Crippen LogP contribution in [0.3, 0.4) is 0 Å². The van der Waals surface area contributed by atoms with Crippen molar-refractivity contribution in [1.82, 2.24) is 5.32 Å². The molecule has 0 aliphatic carbocycles. The molecule has 0 saturated heterocycles. The fraction of sp³-hybridized carbons (Fsp3) is 0.133. The molecule has 1 aromatic carbocycles. The number of amides is 1. The number of hydrogen-bond donors (Lipinski definition) is 3. The van der Waals surface area contributed by atoms with Crippen LogP contribution in [0.4, 0.5) is 4.39 Å². The van der Waals surface area contributed by atoms with Crippen molar-refractivity contribution < 1.29 is 19.4 Å². The van der Waals surface area contributed by atoms with Gasteiger partial charge in [-0.05, 0) is 18.2 Å². The molecule has 1 aromatic heterocycles. The number of aliphatic hydroxyl groups excluding tert-OH is 1. The minimum atomic E-state index is -0.770. The Morgan fingerprint density at radius 2 is 2.24 bits per heavy atom. The molecule has 0 unspecified atom stereocenters. The maximum Gasteiger partial charge on any atom is 0.258 e. The predicted molar refractivity (Wildman–Crippen MR) is 77.5 cm³/mol. The van der Waals surface area contributed by atoms with E-state index < -0.39 is 17.5 Å². The van der Waals surface area contributed by atoms with Gasteiger partial charge in [-0.25, -0.2) is 4.39 Å². The SMILES string of the molecule is O=C(NCc1cc(C#CCO)cs1)c1c(O)cccc1F. The van der Waals surface area contributed by atoms with Crippen LogP contribution in [0.1, 0.15) is 20.8 Å². The highest BCUT2D eigenvalue weighted by Crippen LogP contribution is 2.20. The second-order valence-corrected chi connectivity index (χ2v) is 5.07. The van der Waals surface area contributed by atoms with Crippen molar-refractivity contribution >= 4 is 17.2 Å². The van der Waals surface area contributed by atoms with Gasteiger partial charge in [-0.1, -0.05) is 17.9 Å². The average molecular weight is 305 g/mol. The minimum Gasteiger partial charge on any atom is -0.507 e. The van der Waals surface area contributed by atoms with Gasteiger partial charge in [-0.3, -0.25) is 4.79 Å². The lowest BCUT2D eigenvalue weighted by atomic mass is 10.1. The van der Waals surface area contributed by atoms with E-state index in [0.717, 1.165) is 16.5 Å². The van der Waals surface area contributed by atoms with Crippen molar-refractivity contribution in [3.8, 4) is 17.6 Å². The molecule has 21 heavy (non-hydrogen) atoms. The molecule has 1 amide bonds. The Labute approximate surface area is 124 Å². The smallest absolute Gasteiger partial charge is 0.258 e. The third-order valence-corrected chi connectivity index (χ3v) is 3.54. The molecule has 1 heterocycles. The van der Waals surface area contributed by atoms with E-state index >= 15 is 0 Å². The van der Waals surface area contributed by atoms with Gasteiger partial charge in [0.05, 0.1) is 6.54 Å². The number of rotatable bonds is 3. The monoisotopic (exact) mass is 305 g/mol. The molecule has 0 atom stereocenters. The first-order valence-electron chi connectivity index (χ1n) is 6.04. The van der Waals surface area contributed by atoms with E-state index in [1.807, 2.05) is 0 Å². The first-order valence-corrected chi connectivity index (χ1v) is 6.92. The number of aromatic hydroxyl groups is 1. The molecule has 4 nitrogen and oxygen atoms in total. The molecule has 3 N–H and O–H groups in total. The van der Waals surface area contributed by atoms with Crippen molar-refractivity contribution in [2.45, 2.75) is 6.54 Å². The van der Waals surface area contributed by atoms with E-state index in [1.165, 1.54) is 23.5 Å². The number of carbonyl (C=O) groups is 1. The van der Waals surface area contributed by atoms with E-state index in [-0.39, 0.29) is 18.7 Å². The number of phenols is 1. The molecular formula is C15H12FNO3S. The third kappa shape index (κ3) is 3.81. The van der Waals surface area contributed by atoms with Crippen LogP contribution in [0.25, 0.3) is 0 Å². The van der Waals surface area contributed by atoms with Gasteiger partial charge in [-0.2, -0.15) is 0 Å². The van der Waals surface area contributed by atoms with Gasteiger partial charge in [0.15, 0.2) is 0 Å². The van der Waals surface area contributed by atoms with Crippen molar-refractivity contribution in [3.05, 3.63) is 51.5 Å². The topological polar surface area (TPSA) is 69.6 Å².